The number of aryl methyl sites for hydroxylation is 1. The van der Waals surface area contributed by atoms with Gasteiger partial charge < -0.3 is 10.1 Å². The Morgan fingerprint density at radius 2 is 2.31 bits per heavy atom. The number of esters is 1. The first-order valence-electron chi connectivity index (χ1n) is 5.45. The Kier molecular flexibility index (Phi) is 4.73. The van der Waals surface area contributed by atoms with Crippen LogP contribution in [0, 0.1) is 6.92 Å². The zero-order chi connectivity index (χ0) is 12.1. The molecule has 1 aromatic heterocycles. The smallest absolute Gasteiger partial charge is 0.343 e. The number of hydrogen-bond acceptors (Lipinski definition) is 5. The highest BCUT2D eigenvalue weighted by Gasteiger charge is 2.20. The van der Waals surface area contributed by atoms with Gasteiger partial charge in [0.25, 0.3) is 0 Å². The molecule has 1 aromatic rings. The van der Waals surface area contributed by atoms with Crippen LogP contribution in [0.3, 0.4) is 0 Å². The monoisotopic (exact) mass is 242 g/mol. The van der Waals surface area contributed by atoms with Crippen molar-refractivity contribution < 1.29 is 9.53 Å². The third kappa shape index (κ3) is 2.95. The van der Waals surface area contributed by atoms with E-state index in [2.05, 4.69) is 16.6 Å². The highest BCUT2D eigenvalue weighted by atomic mass is 32.1. The predicted molar refractivity (Wildman–Crippen MR) is 66.2 cm³/mol. The molecule has 0 fully saturated rings. The SMILES string of the molecule is CCCC(C)OC(=O)c1c(C)nsc1NC. The molecule has 0 bridgehead atoms. The summed E-state index contributed by atoms with van der Waals surface area (Å²) >= 11 is 1.28. The molecule has 0 saturated heterocycles. The summed E-state index contributed by atoms with van der Waals surface area (Å²) in [5.74, 6) is -0.281. The topological polar surface area (TPSA) is 51.2 Å². The van der Waals surface area contributed by atoms with Crippen molar-refractivity contribution >= 4 is 22.5 Å². The van der Waals surface area contributed by atoms with Gasteiger partial charge in [-0.25, -0.2) is 4.79 Å². The van der Waals surface area contributed by atoms with E-state index in [-0.39, 0.29) is 12.1 Å². The maximum atomic E-state index is 11.9. The van der Waals surface area contributed by atoms with Crippen LogP contribution in [0.1, 0.15) is 42.7 Å². The van der Waals surface area contributed by atoms with Gasteiger partial charge in [0.2, 0.25) is 0 Å². The number of carbonyl (C=O) groups is 1. The Labute approximate surface area is 100 Å². The summed E-state index contributed by atoms with van der Waals surface area (Å²) in [7, 11) is 1.78. The normalized spacial score (nSPS) is 12.2. The van der Waals surface area contributed by atoms with Gasteiger partial charge in [0.05, 0.1) is 11.8 Å². The van der Waals surface area contributed by atoms with Crippen molar-refractivity contribution in [3.05, 3.63) is 11.3 Å². The van der Waals surface area contributed by atoms with Crippen LogP contribution in [0.25, 0.3) is 0 Å². The summed E-state index contributed by atoms with van der Waals surface area (Å²) in [6.45, 7) is 5.80. The van der Waals surface area contributed by atoms with Crippen molar-refractivity contribution in [2.24, 2.45) is 0 Å². The minimum Gasteiger partial charge on any atom is -0.459 e. The van der Waals surface area contributed by atoms with Crippen LogP contribution in [0.5, 0.6) is 0 Å². The zero-order valence-electron chi connectivity index (χ0n) is 10.2. The molecule has 1 rings (SSSR count). The van der Waals surface area contributed by atoms with Gasteiger partial charge in [-0.3, -0.25) is 0 Å². The molecule has 0 aromatic carbocycles. The lowest BCUT2D eigenvalue weighted by molar-refractivity contribution is 0.0324. The first-order chi connectivity index (χ1) is 7.60. The van der Waals surface area contributed by atoms with Gasteiger partial charge in [-0.05, 0) is 31.8 Å². The molecule has 0 amide bonds. The lowest BCUT2D eigenvalue weighted by Gasteiger charge is -2.12. The Bertz CT molecular complexity index is 363. The first-order valence-corrected chi connectivity index (χ1v) is 6.22. The third-order valence-corrected chi connectivity index (χ3v) is 3.25. The number of nitrogens with zero attached hydrogens (tertiary/aromatic N) is 1. The van der Waals surface area contributed by atoms with Crippen molar-refractivity contribution in [3.63, 3.8) is 0 Å². The van der Waals surface area contributed by atoms with Crippen molar-refractivity contribution in [1.82, 2.24) is 4.37 Å². The fraction of sp³-hybridized carbons (Fsp3) is 0.636. The molecule has 1 N–H and O–H groups in total. The molecular formula is C11H18N2O2S. The second kappa shape index (κ2) is 5.84. The summed E-state index contributed by atoms with van der Waals surface area (Å²) in [6.07, 6.45) is 1.85. The van der Waals surface area contributed by atoms with E-state index < -0.39 is 0 Å². The molecule has 1 heterocycles. The Morgan fingerprint density at radius 1 is 1.62 bits per heavy atom. The molecule has 0 saturated carbocycles. The molecule has 5 heteroatoms. The average Bonchev–Trinajstić information content (AvgIpc) is 2.59. The fourth-order valence-corrected chi connectivity index (χ4v) is 2.22. The van der Waals surface area contributed by atoms with Crippen LogP contribution in [0.4, 0.5) is 5.00 Å². The molecule has 1 atom stereocenters. The number of hydrogen-bond donors (Lipinski definition) is 1. The molecule has 4 nitrogen and oxygen atoms in total. The number of rotatable bonds is 5. The first kappa shape index (κ1) is 13.0. The van der Waals surface area contributed by atoms with E-state index >= 15 is 0 Å². The standard InChI is InChI=1S/C11H18N2O2S/c1-5-6-7(2)15-11(14)9-8(3)13-16-10(9)12-4/h7,12H,5-6H2,1-4H3. The molecule has 0 aliphatic carbocycles. The highest BCUT2D eigenvalue weighted by Crippen LogP contribution is 2.25. The number of nitrogens with one attached hydrogen (secondary N) is 1. The fourth-order valence-electron chi connectivity index (χ4n) is 1.49. The highest BCUT2D eigenvalue weighted by molar-refractivity contribution is 7.10. The Balaban J connectivity index is 2.75. The second-order valence-electron chi connectivity index (χ2n) is 3.73. The number of aromatic nitrogens is 1. The maximum Gasteiger partial charge on any atom is 0.343 e. The van der Waals surface area contributed by atoms with Crippen molar-refractivity contribution in [2.75, 3.05) is 12.4 Å². The number of anilines is 1. The molecule has 1 unspecified atom stereocenters. The van der Waals surface area contributed by atoms with Crippen LogP contribution in [-0.2, 0) is 4.74 Å². The van der Waals surface area contributed by atoms with E-state index in [1.807, 2.05) is 13.8 Å². The predicted octanol–water partition coefficient (Wildman–Crippen LogP) is 2.84. The summed E-state index contributed by atoms with van der Waals surface area (Å²) < 4.78 is 9.49. The minimum absolute atomic E-state index is 0.0403. The molecule has 0 aliphatic heterocycles. The lowest BCUT2D eigenvalue weighted by Crippen LogP contribution is -2.16. The lowest BCUT2D eigenvalue weighted by atomic mass is 10.2. The quantitative estimate of drug-likeness (QED) is 0.807. The van der Waals surface area contributed by atoms with Crippen LogP contribution in [-0.4, -0.2) is 23.5 Å². The van der Waals surface area contributed by atoms with E-state index in [0.717, 1.165) is 23.5 Å². The summed E-state index contributed by atoms with van der Waals surface area (Å²) in [5.41, 5.74) is 1.29. The number of ether oxygens (including phenoxy) is 1. The Morgan fingerprint density at radius 3 is 2.88 bits per heavy atom. The molecule has 90 valence electrons. The van der Waals surface area contributed by atoms with Crippen LogP contribution >= 0.6 is 11.5 Å². The molecule has 0 spiro atoms. The van der Waals surface area contributed by atoms with Crippen molar-refractivity contribution in [2.45, 2.75) is 39.7 Å². The van der Waals surface area contributed by atoms with E-state index in [1.165, 1.54) is 11.5 Å². The number of carbonyl (C=O) groups excluding carboxylic acids is 1. The second-order valence-corrected chi connectivity index (χ2v) is 4.50. The summed E-state index contributed by atoms with van der Waals surface area (Å²) in [5, 5.41) is 3.73. The molecule has 16 heavy (non-hydrogen) atoms. The zero-order valence-corrected chi connectivity index (χ0v) is 11.0. The van der Waals surface area contributed by atoms with Crippen LogP contribution in [0.2, 0.25) is 0 Å². The molecule has 0 aliphatic rings. The van der Waals surface area contributed by atoms with Gasteiger partial charge in [0, 0.05) is 7.05 Å². The average molecular weight is 242 g/mol. The van der Waals surface area contributed by atoms with E-state index in [1.54, 1.807) is 7.05 Å². The maximum absolute atomic E-state index is 11.9. The molecule has 0 radical (unpaired) electrons. The van der Waals surface area contributed by atoms with Gasteiger partial charge in [0.1, 0.15) is 10.6 Å². The van der Waals surface area contributed by atoms with Crippen molar-refractivity contribution in [1.29, 1.82) is 0 Å². The summed E-state index contributed by atoms with van der Waals surface area (Å²) in [4.78, 5) is 11.9. The third-order valence-electron chi connectivity index (χ3n) is 2.30. The largest absolute Gasteiger partial charge is 0.459 e. The van der Waals surface area contributed by atoms with Crippen LogP contribution < -0.4 is 5.32 Å². The minimum atomic E-state index is -0.281. The van der Waals surface area contributed by atoms with Crippen LogP contribution in [0.15, 0.2) is 0 Å². The van der Waals surface area contributed by atoms with Gasteiger partial charge in [-0.2, -0.15) is 4.37 Å². The van der Waals surface area contributed by atoms with Gasteiger partial charge >= 0.3 is 5.97 Å². The van der Waals surface area contributed by atoms with Crippen molar-refractivity contribution in [3.8, 4) is 0 Å². The van der Waals surface area contributed by atoms with E-state index in [9.17, 15) is 4.79 Å². The van der Waals surface area contributed by atoms with Gasteiger partial charge in [0.15, 0.2) is 0 Å². The molecular weight excluding hydrogens is 224 g/mol. The summed E-state index contributed by atoms with van der Waals surface area (Å²) in [6, 6.07) is 0. The van der Waals surface area contributed by atoms with Gasteiger partial charge in [-0.15, -0.1) is 0 Å². The van der Waals surface area contributed by atoms with E-state index in [4.69, 9.17) is 4.74 Å². The van der Waals surface area contributed by atoms with Gasteiger partial charge in [-0.1, -0.05) is 13.3 Å². The van der Waals surface area contributed by atoms with E-state index in [0.29, 0.717) is 5.56 Å². The Hall–Kier alpha value is -1.10.